The van der Waals surface area contributed by atoms with Gasteiger partial charge in [-0.2, -0.15) is 0 Å². The number of anilines is 6. The van der Waals surface area contributed by atoms with E-state index >= 15 is 0 Å². The number of nitrogens with zero attached hydrogens (tertiary/aromatic N) is 2. The van der Waals surface area contributed by atoms with Crippen LogP contribution in [-0.4, -0.2) is 28.4 Å². The van der Waals surface area contributed by atoms with Gasteiger partial charge in [-0.3, -0.25) is 9.59 Å². The number of sulfone groups is 2. The number of carbonyl (C=O) groups is 2. The molecule has 8 nitrogen and oxygen atoms in total. The molecule has 0 amide bonds. The SMILES string of the molecule is CC1(C)c2ccccc2Cc2ccccc21.CC1(C)c2ccccc2N(c2ccc3c(c2)C(=O)c2ccc(N4c5ccccc5C(C)(C)c5ccccc54)cc2S3(=O)=O)c2ccccc21.O=C1c2cc(Br)ccc2S(=O)(=O)c2cc(Br)ccc21. The number of hydrogen-bond acceptors (Lipinski definition) is 8. The minimum absolute atomic E-state index is 0.0328. The van der Waals surface area contributed by atoms with Crippen LogP contribution >= 0.6 is 31.9 Å². The molecule has 0 saturated heterocycles. The maximum atomic E-state index is 14.5. The van der Waals surface area contributed by atoms with Crippen molar-refractivity contribution in [3.05, 3.63) is 294 Å². The van der Waals surface area contributed by atoms with E-state index in [1.54, 1.807) is 42.5 Å². The summed E-state index contributed by atoms with van der Waals surface area (Å²) in [6.45, 7) is 13.5. The zero-order valence-corrected chi connectivity index (χ0v) is 51.7. The second-order valence-electron chi connectivity index (χ2n) is 23.4. The van der Waals surface area contributed by atoms with Crippen molar-refractivity contribution in [1.29, 1.82) is 0 Å². The molecular formula is C72H56Br2N2O6S2. The standard InChI is InChI=1S/C43H34N2O3S.C16H16.C13H6Br2O3S/c1-42(2)31-13-5-9-17-35(31)44(36-18-10-6-14-32(36)42)27-22-24-39-30(25-27)41(46)29-23-21-28(26-40(29)49(39,47)48)45-37-19-11-7-15-33(37)43(3,4)34-16-8-12-20-38(34)45;1-16(2)14-9-5-3-7-12(14)11-13-8-4-6-10-15(13)16;14-7-2-4-11-10(5-7)13(16)9-3-1-8(15)6-12(9)19(11,17)18/h5-26H,1-4H3;3-10H,11H2,1-2H3;1-6H. The fourth-order valence-electron chi connectivity index (χ4n) is 13.3. The molecule has 0 aromatic heterocycles. The number of ketones is 2. The van der Waals surface area contributed by atoms with Crippen molar-refractivity contribution in [2.24, 2.45) is 0 Å². The van der Waals surface area contributed by atoms with Crippen LogP contribution in [0.4, 0.5) is 34.1 Å². The maximum Gasteiger partial charge on any atom is 0.208 e. The lowest BCUT2D eigenvalue weighted by Crippen LogP contribution is -2.31. The largest absolute Gasteiger partial charge is 0.310 e. The van der Waals surface area contributed by atoms with E-state index < -0.39 is 19.7 Å². The summed E-state index contributed by atoms with van der Waals surface area (Å²) in [5.74, 6) is -0.568. The molecule has 0 unspecified atom stereocenters. The minimum atomic E-state index is -4.03. The Hall–Kier alpha value is -8.00. The molecule has 416 valence electrons. The molecule has 0 saturated carbocycles. The van der Waals surface area contributed by atoms with Crippen LogP contribution in [0.25, 0.3) is 0 Å². The van der Waals surface area contributed by atoms with E-state index in [1.807, 2.05) is 60.7 Å². The van der Waals surface area contributed by atoms with E-state index in [0.29, 0.717) is 14.6 Å². The van der Waals surface area contributed by atoms with Crippen molar-refractivity contribution in [1.82, 2.24) is 0 Å². The third-order valence-electron chi connectivity index (χ3n) is 17.5. The van der Waals surface area contributed by atoms with Gasteiger partial charge < -0.3 is 9.80 Å². The number of carbonyl (C=O) groups excluding carboxylic acids is 2. The van der Waals surface area contributed by atoms with Gasteiger partial charge in [-0.15, -0.1) is 0 Å². The van der Waals surface area contributed by atoms with Gasteiger partial charge in [0.15, 0.2) is 11.6 Å². The van der Waals surface area contributed by atoms with Crippen LogP contribution < -0.4 is 9.80 Å². The molecule has 5 aliphatic rings. The molecule has 1 aliphatic carbocycles. The normalized spacial score (nSPS) is 16.7. The molecule has 0 atom stereocenters. The van der Waals surface area contributed by atoms with Crippen LogP contribution in [-0.2, 0) is 42.3 Å². The first-order chi connectivity index (χ1) is 40.1. The predicted octanol–water partition coefficient (Wildman–Crippen LogP) is 17.8. The Bertz CT molecular complexity index is 4550. The summed E-state index contributed by atoms with van der Waals surface area (Å²) in [5, 5.41) is 0. The van der Waals surface area contributed by atoms with Gasteiger partial charge in [0.1, 0.15) is 0 Å². The lowest BCUT2D eigenvalue weighted by atomic mass is 9.69. The Morgan fingerprint density at radius 1 is 0.333 bits per heavy atom. The van der Waals surface area contributed by atoms with E-state index in [-0.39, 0.29) is 69.6 Å². The fraction of sp³-hybridized carbons (Fsp3) is 0.139. The van der Waals surface area contributed by atoms with E-state index in [9.17, 15) is 26.4 Å². The van der Waals surface area contributed by atoms with Crippen molar-refractivity contribution >= 4 is 97.2 Å². The van der Waals surface area contributed by atoms with Gasteiger partial charge in [0.2, 0.25) is 19.7 Å². The van der Waals surface area contributed by atoms with E-state index in [2.05, 4.69) is 180 Å². The average Bonchev–Trinajstić information content (AvgIpc) is 3.68. The van der Waals surface area contributed by atoms with Crippen LogP contribution in [0.3, 0.4) is 0 Å². The number of hydrogen-bond donors (Lipinski definition) is 0. The van der Waals surface area contributed by atoms with E-state index in [1.165, 1.54) is 40.5 Å². The summed E-state index contributed by atoms with van der Waals surface area (Å²) in [7, 11) is -7.67. The Labute approximate surface area is 507 Å². The number of rotatable bonds is 2. The van der Waals surface area contributed by atoms with Gasteiger partial charge in [-0.05, 0) is 148 Å². The molecule has 12 heteroatoms. The molecule has 0 N–H and O–H groups in total. The summed E-state index contributed by atoms with van der Waals surface area (Å²) in [5.41, 5.74) is 16.4. The Morgan fingerprint density at radius 3 is 1.12 bits per heavy atom. The van der Waals surface area contributed by atoms with Gasteiger partial charge in [0.05, 0.1) is 42.3 Å². The first-order valence-electron chi connectivity index (χ1n) is 27.7. The van der Waals surface area contributed by atoms with Crippen LogP contribution in [0.1, 0.15) is 118 Å². The second kappa shape index (κ2) is 20.1. The van der Waals surface area contributed by atoms with Crippen molar-refractivity contribution < 1.29 is 26.4 Å². The first-order valence-corrected chi connectivity index (χ1v) is 32.3. The smallest absolute Gasteiger partial charge is 0.208 e. The summed E-state index contributed by atoms with van der Waals surface area (Å²) >= 11 is 6.48. The molecule has 0 fully saturated rings. The molecule has 10 aromatic rings. The van der Waals surface area contributed by atoms with Gasteiger partial charge in [0.25, 0.3) is 0 Å². The topological polar surface area (TPSA) is 109 Å². The highest BCUT2D eigenvalue weighted by molar-refractivity contribution is 9.10. The third-order valence-corrected chi connectivity index (χ3v) is 22.2. The van der Waals surface area contributed by atoms with Crippen LogP contribution in [0.5, 0.6) is 0 Å². The molecule has 0 bridgehead atoms. The molecular weight excluding hydrogens is 1210 g/mol. The van der Waals surface area contributed by atoms with Crippen molar-refractivity contribution in [3.8, 4) is 0 Å². The molecule has 4 heterocycles. The second-order valence-corrected chi connectivity index (χ2v) is 29.0. The van der Waals surface area contributed by atoms with Gasteiger partial charge in [-0.25, -0.2) is 16.8 Å². The molecule has 4 aliphatic heterocycles. The highest BCUT2D eigenvalue weighted by Gasteiger charge is 2.42. The van der Waals surface area contributed by atoms with Crippen LogP contribution in [0.2, 0.25) is 0 Å². The van der Waals surface area contributed by atoms with Crippen LogP contribution in [0.15, 0.2) is 247 Å². The highest BCUT2D eigenvalue weighted by Crippen LogP contribution is 2.55. The zero-order valence-electron chi connectivity index (χ0n) is 46.9. The van der Waals surface area contributed by atoms with Gasteiger partial charge in [0, 0.05) is 58.8 Å². The average molecular weight is 1270 g/mol. The fourth-order valence-corrected chi connectivity index (χ4v) is 17.5. The predicted molar refractivity (Wildman–Crippen MR) is 340 cm³/mol. The molecule has 0 radical (unpaired) electrons. The van der Waals surface area contributed by atoms with Crippen molar-refractivity contribution in [2.75, 3.05) is 9.80 Å². The van der Waals surface area contributed by atoms with Crippen LogP contribution in [0, 0.1) is 0 Å². The third kappa shape index (κ3) is 8.61. The lowest BCUT2D eigenvalue weighted by molar-refractivity contribution is 0.102. The molecule has 10 aromatic carbocycles. The maximum absolute atomic E-state index is 14.5. The quantitative estimate of drug-likeness (QED) is 0.168. The van der Waals surface area contributed by atoms with Crippen molar-refractivity contribution in [2.45, 2.75) is 83.8 Å². The van der Waals surface area contributed by atoms with E-state index in [0.717, 1.165) is 57.1 Å². The van der Waals surface area contributed by atoms with Gasteiger partial charge >= 0.3 is 0 Å². The highest BCUT2D eigenvalue weighted by atomic mass is 79.9. The summed E-state index contributed by atoms with van der Waals surface area (Å²) in [4.78, 5) is 31.1. The number of halogens is 2. The number of benzene rings is 10. The van der Waals surface area contributed by atoms with Gasteiger partial charge in [-0.1, -0.05) is 195 Å². The number of fused-ring (bicyclic) bond motifs is 10. The summed E-state index contributed by atoms with van der Waals surface area (Å²) in [6.07, 6.45) is 1.08. The Balaban J connectivity index is 0.000000152. The minimum Gasteiger partial charge on any atom is -0.310 e. The molecule has 84 heavy (non-hydrogen) atoms. The summed E-state index contributed by atoms with van der Waals surface area (Å²) < 4.78 is 55.2. The lowest BCUT2D eigenvalue weighted by Gasteiger charge is -2.42. The Kier molecular flexibility index (Phi) is 13.2. The zero-order chi connectivity index (χ0) is 58.8. The summed E-state index contributed by atoms with van der Waals surface area (Å²) in [6, 6.07) is 70.3. The Morgan fingerprint density at radius 2 is 0.655 bits per heavy atom. The molecule has 0 spiro atoms. The van der Waals surface area contributed by atoms with E-state index in [4.69, 9.17) is 0 Å². The molecule has 15 rings (SSSR count). The first kappa shape index (κ1) is 55.2. The number of para-hydroxylation sites is 4. The monoisotopic (exact) mass is 1270 g/mol. The van der Waals surface area contributed by atoms with Crippen molar-refractivity contribution in [3.63, 3.8) is 0 Å².